The van der Waals surface area contributed by atoms with Crippen LogP contribution in [0.3, 0.4) is 0 Å². The van der Waals surface area contributed by atoms with Crippen molar-refractivity contribution in [2.24, 2.45) is 5.10 Å². The van der Waals surface area contributed by atoms with Crippen LogP contribution in [0.4, 0.5) is 5.69 Å². The third-order valence-electron chi connectivity index (χ3n) is 3.10. The predicted molar refractivity (Wildman–Crippen MR) is 81.0 cm³/mol. The zero-order valence-corrected chi connectivity index (χ0v) is 12.0. The Morgan fingerprint density at radius 1 is 1.32 bits per heavy atom. The molecule has 110 valence electrons. The number of nitriles is 1. The average Bonchev–Trinajstić information content (AvgIpc) is 2.47. The molecular formula is C15H12N4O3. The smallest absolute Gasteiger partial charge is 0.266 e. The van der Waals surface area contributed by atoms with Gasteiger partial charge in [0.15, 0.2) is 0 Å². The van der Waals surface area contributed by atoms with Crippen LogP contribution >= 0.6 is 0 Å². The summed E-state index contributed by atoms with van der Waals surface area (Å²) in [4.78, 5) is 22.2. The lowest BCUT2D eigenvalue weighted by Gasteiger charge is -2.06. The van der Waals surface area contributed by atoms with E-state index in [0.717, 1.165) is 4.68 Å². The van der Waals surface area contributed by atoms with Gasteiger partial charge in [-0.3, -0.25) is 14.9 Å². The quantitative estimate of drug-likeness (QED) is 0.491. The minimum absolute atomic E-state index is 0.0207. The second-order valence-corrected chi connectivity index (χ2v) is 4.67. The van der Waals surface area contributed by atoms with Crippen LogP contribution in [-0.2, 0) is 0 Å². The van der Waals surface area contributed by atoms with Crippen molar-refractivity contribution in [1.82, 2.24) is 4.68 Å². The van der Waals surface area contributed by atoms with E-state index in [4.69, 9.17) is 5.26 Å². The predicted octanol–water partition coefficient (Wildman–Crippen LogP) is 2.13. The van der Waals surface area contributed by atoms with Crippen LogP contribution in [0.5, 0.6) is 0 Å². The number of aromatic nitrogens is 1. The van der Waals surface area contributed by atoms with E-state index in [2.05, 4.69) is 5.10 Å². The summed E-state index contributed by atoms with van der Waals surface area (Å²) in [6.45, 7) is 3.40. The molecule has 0 aliphatic heterocycles. The SMILES string of the molecule is Cc1cc(C)n(/N=C\c2ccc([N+](=O)[O-])cc2)c(=O)c1C#N. The number of non-ortho nitro benzene ring substituents is 1. The fourth-order valence-electron chi connectivity index (χ4n) is 1.97. The van der Waals surface area contributed by atoms with E-state index in [-0.39, 0.29) is 11.3 Å². The molecule has 0 aliphatic rings. The van der Waals surface area contributed by atoms with Crippen molar-refractivity contribution in [1.29, 1.82) is 5.26 Å². The van der Waals surface area contributed by atoms with E-state index in [1.165, 1.54) is 30.5 Å². The Labute approximate surface area is 125 Å². The molecule has 7 nitrogen and oxygen atoms in total. The van der Waals surface area contributed by atoms with Crippen LogP contribution in [0.15, 0.2) is 40.2 Å². The van der Waals surface area contributed by atoms with Gasteiger partial charge >= 0.3 is 0 Å². The lowest BCUT2D eigenvalue weighted by Crippen LogP contribution is -2.22. The van der Waals surface area contributed by atoms with Crippen molar-refractivity contribution in [3.05, 3.63) is 73.2 Å². The molecule has 0 unspecified atom stereocenters. The number of aryl methyl sites for hydroxylation is 2. The Balaban J connectivity index is 2.41. The van der Waals surface area contributed by atoms with Gasteiger partial charge in [-0.25, -0.2) is 4.68 Å². The number of hydrogen-bond donors (Lipinski definition) is 0. The molecule has 2 rings (SSSR count). The summed E-state index contributed by atoms with van der Waals surface area (Å²) in [5, 5.41) is 23.6. The van der Waals surface area contributed by atoms with Crippen LogP contribution < -0.4 is 5.56 Å². The standard InChI is InChI=1S/C15H12N4O3/c1-10-7-11(2)18(15(20)14(10)8-16)17-9-12-3-5-13(6-4-12)19(21)22/h3-7,9H,1-2H3/b17-9-. The van der Waals surface area contributed by atoms with Gasteiger partial charge in [-0.2, -0.15) is 10.4 Å². The summed E-state index contributed by atoms with van der Waals surface area (Å²) in [7, 11) is 0. The fourth-order valence-corrected chi connectivity index (χ4v) is 1.97. The molecule has 1 heterocycles. The van der Waals surface area contributed by atoms with E-state index in [0.29, 0.717) is 16.8 Å². The van der Waals surface area contributed by atoms with Gasteiger partial charge in [0, 0.05) is 17.8 Å². The Hall–Kier alpha value is -3.27. The zero-order valence-electron chi connectivity index (χ0n) is 12.0. The van der Waals surface area contributed by atoms with Crippen molar-refractivity contribution in [2.75, 3.05) is 0 Å². The maximum absolute atomic E-state index is 12.1. The van der Waals surface area contributed by atoms with Crippen molar-refractivity contribution in [2.45, 2.75) is 13.8 Å². The van der Waals surface area contributed by atoms with Gasteiger partial charge in [-0.05, 0) is 43.2 Å². The van der Waals surface area contributed by atoms with Gasteiger partial charge in [0.2, 0.25) is 0 Å². The van der Waals surface area contributed by atoms with Crippen LogP contribution in [-0.4, -0.2) is 15.8 Å². The van der Waals surface area contributed by atoms with Gasteiger partial charge in [0.05, 0.1) is 11.1 Å². The summed E-state index contributed by atoms with van der Waals surface area (Å²) < 4.78 is 1.13. The molecule has 0 spiro atoms. The van der Waals surface area contributed by atoms with Crippen molar-refractivity contribution in [3.8, 4) is 6.07 Å². The zero-order chi connectivity index (χ0) is 16.3. The number of benzene rings is 1. The highest BCUT2D eigenvalue weighted by molar-refractivity contribution is 5.79. The number of nitro groups is 1. The summed E-state index contributed by atoms with van der Waals surface area (Å²) in [5.41, 5.74) is 1.35. The van der Waals surface area contributed by atoms with E-state index < -0.39 is 10.5 Å². The Morgan fingerprint density at radius 2 is 1.95 bits per heavy atom. The highest BCUT2D eigenvalue weighted by Gasteiger charge is 2.09. The molecule has 0 N–H and O–H groups in total. The van der Waals surface area contributed by atoms with Crippen molar-refractivity contribution >= 4 is 11.9 Å². The molecule has 1 aromatic heterocycles. The molecule has 0 fully saturated rings. The first-order chi connectivity index (χ1) is 10.4. The van der Waals surface area contributed by atoms with Crippen molar-refractivity contribution < 1.29 is 4.92 Å². The van der Waals surface area contributed by atoms with Gasteiger partial charge in [0.25, 0.3) is 11.2 Å². The third-order valence-corrected chi connectivity index (χ3v) is 3.10. The van der Waals surface area contributed by atoms with E-state index in [1.54, 1.807) is 19.9 Å². The molecule has 0 saturated heterocycles. The van der Waals surface area contributed by atoms with Crippen LogP contribution in [0.2, 0.25) is 0 Å². The van der Waals surface area contributed by atoms with Gasteiger partial charge in [-0.1, -0.05) is 0 Å². The highest BCUT2D eigenvalue weighted by Crippen LogP contribution is 2.11. The summed E-state index contributed by atoms with van der Waals surface area (Å²) >= 11 is 0. The lowest BCUT2D eigenvalue weighted by molar-refractivity contribution is -0.384. The van der Waals surface area contributed by atoms with E-state index >= 15 is 0 Å². The van der Waals surface area contributed by atoms with Crippen LogP contribution in [0.1, 0.15) is 22.4 Å². The monoisotopic (exact) mass is 296 g/mol. The third kappa shape index (κ3) is 2.91. The molecule has 0 amide bonds. The first kappa shape index (κ1) is 15.1. The molecule has 7 heteroatoms. The number of nitro benzene ring substituents is 1. The minimum Gasteiger partial charge on any atom is -0.266 e. The van der Waals surface area contributed by atoms with E-state index in [9.17, 15) is 14.9 Å². The Morgan fingerprint density at radius 3 is 2.50 bits per heavy atom. The summed E-state index contributed by atoms with van der Waals surface area (Å²) in [6, 6.07) is 9.33. The van der Waals surface area contributed by atoms with E-state index in [1.807, 2.05) is 6.07 Å². The van der Waals surface area contributed by atoms with Gasteiger partial charge in [-0.15, -0.1) is 0 Å². The van der Waals surface area contributed by atoms with Crippen molar-refractivity contribution in [3.63, 3.8) is 0 Å². The number of pyridine rings is 1. The highest BCUT2D eigenvalue weighted by atomic mass is 16.6. The first-order valence-electron chi connectivity index (χ1n) is 6.36. The summed E-state index contributed by atoms with van der Waals surface area (Å²) in [6.07, 6.45) is 1.41. The molecule has 0 saturated carbocycles. The molecule has 1 aromatic carbocycles. The Bertz CT molecular complexity index is 858. The molecule has 0 radical (unpaired) electrons. The lowest BCUT2D eigenvalue weighted by atomic mass is 10.1. The minimum atomic E-state index is -0.491. The molecule has 22 heavy (non-hydrogen) atoms. The number of nitrogens with zero attached hydrogens (tertiary/aromatic N) is 4. The normalized spacial score (nSPS) is 10.6. The second kappa shape index (κ2) is 6.01. The summed E-state index contributed by atoms with van der Waals surface area (Å²) in [5.74, 6) is 0. The van der Waals surface area contributed by atoms with Crippen LogP contribution in [0, 0.1) is 35.3 Å². The second-order valence-electron chi connectivity index (χ2n) is 4.67. The Kier molecular flexibility index (Phi) is 4.13. The maximum Gasteiger partial charge on any atom is 0.289 e. The molecule has 0 aliphatic carbocycles. The largest absolute Gasteiger partial charge is 0.289 e. The molecule has 2 aromatic rings. The number of hydrogen-bond acceptors (Lipinski definition) is 5. The number of rotatable bonds is 3. The van der Waals surface area contributed by atoms with Gasteiger partial charge < -0.3 is 0 Å². The topological polar surface area (TPSA) is 101 Å². The molecule has 0 atom stereocenters. The van der Waals surface area contributed by atoms with Gasteiger partial charge in [0.1, 0.15) is 11.6 Å². The molecule has 0 bridgehead atoms. The fraction of sp³-hybridized carbons (Fsp3) is 0.133. The van der Waals surface area contributed by atoms with Crippen LogP contribution in [0.25, 0.3) is 0 Å². The first-order valence-corrected chi connectivity index (χ1v) is 6.36. The average molecular weight is 296 g/mol. The maximum atomic E-state index is 12.1. The molecular weight excluding hydrogens is 284 g/mol.